The highest BCUT2D eigenvalue weighted by molar-refractivity contribution is 6.30. The van der Waals surface area contributed by atoms with Crippen LogP contribution in [-0.2, 0) is 47.7 Å². The molecule has 2 amide bonds. The van der Waals surface area contributed by atoms with Gasteiger partial charge in [-0.2, -0.15) is 0 Å². The minimum atomic E-state index is -1.26. The van der Waals surface area contributed by atoms with Crippen molar-refractivity contribution in [1.82, 2.24) is 10.6 Å². The van der Waals surface area contributed by atoms with E-state index in [1.165, 1.54) is 13.8 Å². The van der Waals surface area contributed by atoms with Gasteiger partial charge in [0.2, 0.25) is 11.8 Å². The highest BCUT2D eigenvalue weighted by Crippen LogP contribution is 1.92. The second-order valence-electron chi connectivity index (χ2n) is 5.97. The Labute approximate surface area is 178 Å². The molecule has 0 aliphatic heterocycles. The van der Waals surface area contributed by atoms with Crippen molar-refractivity contribution in [2.75, 3.05) is 39.5 Å². The van der Waals surface area contributed by atoms with Gasteiger partial charge in [0.25, 0.3) is 0 Å². The number of hydrogen-bond acceptors (Lipinski definition) is 10. The maximum atomic E-state index is 11.4. The summed E-state index contributed by atoms with van der Waals surface area (Å²) in [5, 5.41) is 4.81. The van der Waals surface area contributed by atoms with Gasteiger partial charge in [0.15, 0.2) is 0 Å². The first-order valence-corrected chi connectivity index (χ1v) is 9.11. The smallest absolute Gasteiger partial charge is 0.417 e. The minimum Gasteiger partial charge on any atom is -0.457 e. The largest absolute Gasteiger partial charge is 0.457 e. The molecule has 0 aromatic heterocycles. The van der Waals surface area contributed by atoms with Crippen LogP contribution in [0.3, 0.4) is 0 Å². The summed E-state index contributed by atoms with van der Waals surface area (Å²) in [6.45, 7) is 8.86. The van der Waals surface area contributed by atoms with Gasteiger partial charge in [-0.05, 0) is 13.8 Å². The van der Waals surface area contributed by atoms with Gasteiger partial charge in [-0.1, -0.05) is 13.2 Å². The molecule has 0 rings (SSSR count). The quantitative estimate of drug-likeness (QED) is 0.125. The molecule has 0 radical (unpaired) electrons. The molecule has 0 aliphatic carbocycles. The Morgan fingerprint density at radius 2 is 0.871 bits per heavy atom. The summed E-state index contributed by atoms with van der Waals surface area (Å²) >= 11 is 0. The lowest BCUT2D eigenvalue weighted by atomic mass is 10.3. The molecule has 172 valence electrons. The predicted octanol–water partition coefficient (Wildman–Crippen LogP) is -1.07. The molecule has 0 aromatic carbocycles. The molecule has 0 saturated carbocycles. The first kappa shape index (κ1) is 27.3. The molecule has 0 atom stereocenters. The van der Waals surface area contributed by atoms with Crippen LogP contribution in [-0.4, -0.2) is 75.2 Å². The van der Waals surface area contributed by atoms with Gasteiger partial charge in [0.1, 0.15) is 13.2 Å². The fraction of sp³-hybridized carbons (Fsp3) is 0.474. The number of rotatable bonds is 12. The second-order valence-corrected chi connectivity index (χ2v) is 5.97. The predicted molar refractivity (Wildman–Crippen MR) is 104 cm³/mol. The summed E-state index contributed by atoms with van der Waals surface area (Å²) in [6, 6.07) is 0. The molecule has 2 N–H and O–H groups in total. The van der Waals surface area contributed by atoms with E-state index < -0.39 is 35.7 Å². The maximum Gasteiger partial charge on any atom is 0.417 e. The van der Waals surface area contributed by atoms with Crippen LogP contribution in [0.4, 0.5) is 0 Å². The van der Waals surface area contributed by atoms with E-state index in [1.54, 1.807) is 0 Å². The van der Waals surface area contributed by atoms with E-state index in [0.717, 1.165) is 0 Å². The van der Waals surface area contributed by atoms with E-state index in [9.17, 15) is 28.8 Å². The molecular formula is C19H26N2O10. The summed E-state index contributed by atoms with van der Waals surface area (Å²) in [5.41, 5.74) is 0.568. The van der Waals surface area contributed by atoms with Gasteiger partial charge in [-0.25, -0.2) is 19.2 Å². The van der Waals surface area contributed by atoms with E-state index >= 15 is 0 Å². The minimum absolute atomic E-state index is 0.00294. The van der Waals surface area contributed by atoms with Crippen LogP contribution in [0.2, 0.25) is 0 Å². The third kappa shape index (κ3) is 13.2. The molecule has 0 heterocycles. The fourth-order valence-corrected chi connectivity index (χ4v) is 1.54. The maximum absolute atomic E-state index is 11.4. The normalized spacial score (nSPS) is 9.61. The summed E-state index contributed by atoms with van der Waals surface area (Å²) in [5.74, 6) is -5.83. The van der Waals surface area contributed by atoms with Crippen molar-refractivity contribution in [3.63, 3.8) is 0 Å². The molecule has 0 spiro atoms. The lowest BCUT2D eigenvalue weighted by molar-refractivity contribution is -0.169. The first-order valence-electron chi connectivity index (χ1n) is 9.11. The first-order chi connectivity index (χ1) is 14.6. The van der Waals surface area contributed by atoms with Crippen molar-refractivity contribution in [3.05, 3.63) is 24.3 Å². The zero-order valence-electron chi connectivity index (χ0n) is 17.4. The Bertz CT molecular complexity index is 669. The highest BCUT2D eigenvalue weighted by Gasteiger charge is 2.19. The summed E-state index contributed by atoms with van der Waals surface area (Å²) < 4.78 is 18.4. The van der Waals surface area contributed by atoms with Crippen LogP contribution in [0.25, 0.3) is 0 Å². The Kier molecular flexibility index (Phi) is 13.4. The van der Waals surface area contributed by atoms with Gasteiger partial charge in [-0.15, -0.1) is 0 Å². The third-order valence-electron chi connectivity index (χ3n) is 3.11. The van der Waals surface area contributed by atoms with Crippen LogP contribution >= 0.6 is 0 Å². The van der Waals surface area contributed by atoms with Gasteiger partial charge >= 0.3 is 23.9 Å². The third-order valence-corrected chi connectivity index (χ3v) is 3.11. The lowest BCUT2D eigenvalue weighted by Gasteiger charge is -2.08. The number of amides is 2. The van der Waals surface area contributed by atoms with Crippen LogP contribution in [0.15, 0.2) is 24.3 Å². The van der Waals surface area contributed by atoms with Crippen molar-refractivity contribution in [3.8, 4) is 0 Å². The molecule has 0 saturated heterocycles. The number of carbonyl (C=O) groups is 6. The molecule has 0 aromatic rings. The van der Waals surface area contributed by atoms with Crippen LogP contribution < -0.4 is 10.6 Å². The number of hydrogen-bond donors (Lipinski definition) is 2. The fourth-order valence-electron chi connectivity index (χ4n) is 1.54. The average molecular weight is 442 g/mol. The molecule has 12 nitrogen and oxygen atoms in total. The standard InChI is InChI=1S/C19H26N2O10/c1-12(2)14(22)20-6-10-30-18(26)16(24)28-8-5-9-29-17(25)19(27)31-11-7-21-15(23)13(3)4/h1,3,5-11H2,2,4H3,(H,20,22)(H,21,23). The Morgan fingerprint density at radius 1 is 0.581 bits per heavy atom. The highest BCUT2D eigenvalue weighted by atomic mass is 16.6. The van der Waals surface area contributed by atoms with E-state index in [2.05, 4.69) is 42.7 Å². The second kappa shape index (κ2) is 15.2. The Balaban J connectivity index is 3.82. The topological polar surface area (TPSA) is 163 Å². The zero-order chi connectivity index (χ0) is 23.8. The molecule has 0 unspecified atom stereocenters. The van der Waals surface area contributed by atoms with Gasteiger partial charge in [0.05, 0.1) is 26.3 Å². The average Bonchev–Trinajstić information content (AvgIpc) is 2.72. The lowest BCUT2D eigenvalue weighted by Crippen LogP contribution is -2.30. The van der Waals surface area contributed by atoms with Gasteiger partial charge < -0.3 is 29.6 Å². The molecule has 0 aliphatic rings. The van der Waals surface area contributed by atoms with E-state index in [-0.39, 0.29) is 57.1 Å². The van der Waals surface area contributed by atoms with Crippen molar-refractivity contribution >= 4 is 35.7 Å². The van der Waals surface area contributed by atoms with Crippen LogP contribution in [0, 0.1) is 0 Å². The van der Waals surface area contributed by atoms with Crippen molar-refractivity contribution in [1.29, 1.82) is 0 Å². The zero-order valence-corrected chi connectivity index (χ0v) is 17.4. The van der Waals surface area contributed by atoms with Crippen molar-refractivity contribution in [2.45, 2.75) is 20.3 Å². The van der Waals surface area contributed by atoms with Crippen molar-refractivity contribution in [2.24, 2.45) is 0 Å². The summed E-state index contributed by atoms with van der Waals surface area (Å²) in [7, 11) is 0. The van der Waals surface area contributed by atoms with Gasteiger partial charge in [-0.3, -0.25) is 9.59 Å². The van der Waals surface area contributed by atoms with Crippen LogP contribution in [0.1, 0.15) is 20.3 Å². The molecule has 12 heteroatoms. The molecule has 31 heavy (non-hydrogen) atoms. The Morgan fingerprint density at radius 3 is 1.16 bits per heavy atom. The summed E-state index contributed by atoms with van der Waals surface area (Å²) in [6.07, 6.45) is 0.0153. The van der Waals surface area contributed by atoms with E-state index in [0.29, 0.717) is 0 Å². The van der Waals surface area contributed by atoms with Crippen molar-refractivity contribution < 1.29 is 47.7 Å². The van der Waals surface area contributed by atoms with E-state index in [4.69, 9.17) is 0 Å². The molecule has 0 bridgehead atoms. The van der Waals surface area contributed by atoms with Crippen LogP contribution in [0.5, 0.6) is 0 Å². The van der Waals surface area contributed by atoms with Gasteiger partial charge in [0, 0.05) is 17.6 Å². The molecular weight excluding hydrogens is 416 g/mol. The number of ether oxygens (including phenoxy) is 4. The Hall–Kier alpha value is -3.70. The van der Waals surface area contributed by atoms with E-state index in [1.807, 2.05) is 0 Å². The summed E-state index contributed by atoms with van der Waals surface area (Å²) in [4.78, 5) is 68.0. The monoisotopic (exact) mass is 442 g/mol. The number of nitrogens with one attached hydrogen (secondary N) is 2. The number of esters is 4. The SMILES string of the molecule is C=C(C)C(=O)NCCOC(=O)C(=O)OCCCOC(=O)C(=O)OCCNC(=O)C(=C)C. The number of carbonyl (C=O) groups excluding carboxylic acids is 6. The molecule has 0 fully saturated rings.